The molecule has 2 atom stereocenters. The molecule has 0 bridgehead atoms. The number of fused-ring (bicyclic) bond motifs is 1. The number of hydrogen-bond donors (Lipinski definition) is 2. The molecule has 1 aliphatic heterocycles. The van der Waals surface area contributed by atoms with Crippen LogP contribution in [0.5, 0.6) is 11.5 Å². The van der Waals surface area contributed by atoms with E-state index in [1.165, 1.54) is 12.1 Å². The fourth-order valence-electron chi connectivity index (χ4n) is 3.00. The summed E-state index contributed by atoms with van der Waals surface area (Å²) in [5.74, 6) is -1.55. The molecule has 160 valence electrons. The van der Waals surface area contributed by atoms with E-state index in [4.69, 9.17) is 31.9 Å². The zero-order valence-electron chi connectivity index (χ0n) is 15.4. The number of carboxylic acid groups (broad SMARTS) is 1. The summed E-state index contributed by atoms with van der Waals surface area (Å²) in [6.07, 6.45) is -5.78. The molecule has 0 fully saturated rings. The Balaban J connectivity index is 1.92. The normalized spacial score (nSPS) is 17.1. The highest BCUT2D eigenvalue weighted by atomic mass is 35.5. The molecule has 0 amide bonds. The molecule has 2 aromatic rings. The summed E-state index contributed by atoms with van der Waals surface area (Å²) in [6, 6.07) is 6.29. The van der Waals surface area contributed by atoms with Crippen LogP contribution in [0.2, 0.25) is 5.02 Å². The largest absolute Gasteiger partial charge is 0.493 e. The Labute approximate surface area is 174 Å². The molecule has 2 aromatic carbocycles. The summed E-state index contributed by atoms with van der Waals surface area (Å²) in [7, 11) is 0. The number of halogens is 4. The molecule has 1 heterocycles. The highest BCUT2D eigenvalue weighted by Crippen LogP contribution is 2.43. The Kier molecular flexibility index (Phi) is 6.23. The van der Waals surface area contributed by atoms with Gasteiger partial charge in [-0.05, 0) is 24.3 Å². The molecular weight excluding hydrogens is 427 g/mol. The minimum Gasteiger partial charge on any atom is -0.493 e. The van der Waals surface area contributed by atoms with Gasteiger partial charge in [0, 0.05) is 12.0 Å². The standard InChI is InChI=1S/C20H17ClF3NO5/c21-13-3-1-2-11-15(26)9-17(30-18(11)13)12-5-4-10(20(22,23)24)8-16(12)29-7-6-14(25)19(27)28/h1-5,8,14,17H,6-7,9,25H2,(H,27,28)/t14-,17?/m0/s1. The van der Waals surface area contributed by atoms with Crippen LogP contribution in [0, 0.1) is 0 Å². The summed E-state index contributed by atoms with van der Waals surface area (Å²) in [5, 5.41) is 9.04. The number of benzene rings is 2. The van der Waals surface area contributed by atoms with E-state index in [1.807, 2.05) is 0 Å². The van der Waals surface area contributed by atoms with Crippen LogP contribution >= 0.6 is 11.6 Å². The number of para-hydroxylation sites is 1. The maximum absolute atomic E-state index is 13.2. The first-order valence-corrected chi connectivity index (χ1v) is 9.26. The van der Waals surface area contributed by atoms with E-state index < -0.39 is 29.9 Å². The number of carbonyl (C=O) groups is 2. The molecule has 0 saturated carbocycles. The fourth-order valence-corrected chi connectivity index (χ4v) is 3.22. The van der Waals surface area contributed by atoms with E-state index in [0.717, 1.165) is 12.1 Å². The smallest absolute Gasteiger partial charge is 0.416 e. The number of carbonyl (C=O) groups excluding carboxylic acids is 1. The molecule has 1 aliphatic rings. The highest BCUT2D eigenvalue weighted by Gasteiger charge is 2.35. The van der Waals surface area contributed by atoms with Gasteiger partial charge in [-0.1, -0.05) is 23.7 Å². The van der Waals surface area contributed by atoms with Gasteiger partial charge in [0.1, 0.15) is 23.6 Å². The van der Waals surface area contributed by atoms with Crippen molar-refractivity contribution < 1.29 is 37.3 Å². The number of ketones is 1. The van der Waals surface area contributed by atoms with Gasteiger partial charge < -0.3 is 20.3 Å². The number of ether oxygens (including phenoxy) is 2. The Morgan fingerprint density at radius 2 is 2.07 bits per heavy atom. The Morgan fingerprint density at radius 1 is 1.33 bits per heavy atom. The van der Waals surface area contributed by atoms with Gasteiger partial charge >= 0.3 is 12.1 Å². The maximum atomic E-state index is 13.2. The third-order valence-electron chi connectivity index (χ3n) is 4.59. The number of aliphatic carboxylic acids is 1. The average molecular weight is 444 g/mol. The first-order valence-electron chi connectivity index (χ1n) is 8.88. The predicted molar refractivity (Wildman–Crippen MR) is 101 cm³/mol. The number of rotatable bonds is 6. The van der Waals surface area contributed by atoms with E-state index in [2.05, 4.69) is 0 Å². The van der Waals surface area contributed by atoms with Crippen LogP contribution in [0.25, 0.3) is 0 Å². The molecule has 10 heteroatoms. The topological polar surface area (TPSA) is 98.9 Å². The van der Waals surface area contributed by atoms with Crippen molar-refractivity contribution in [3.05, 3.63) is 58.1 Å². The molecule has 0 radical (unpaired) electrons. The van der Waals surface area contributed by atoms with Gasteiger partial charge in [0.2, 0.25) is 0 Å². The second-order valence-corrected chi connectivity index (χ2v) is 7.09. The lowest BCUT2D eigenvalue weighted by Crippen LogP contribution is -2.31. The van der Waals surface area contributed by atoms with Gasteiger partial charge in [-0.3, -0.25) is 9.59 Å². The molecule has 0 spiro atoms. The van der Waals surface area contributed by atoms with Gasteiger partial charge in [0.25, 0.3) is 0 Å². The lowest BCUT2D eigenvalue weighted by atomic mass is 9.95. The van der Waals surface area contributed by atoms with Crippen LogP contribution in [0.1, 0.15) is 40.4 Å². The third-order valence-corrected chi connectivity index (χ3v) is 4.89. The number of Topliss-reactive ketones (excluding diaryl/α,β-unsaturated/α-hetero) is 1. The summed E-state index contributed by atoms with van der Waals surface area (Å²) < 4.78 is 50.7. The van der Waals surface area contributed by atoms with Crippen LogP contribution in [-0.2, 0) is 11.0 Å². The molecule has 3 rings (SSSR count). The molecular formula is C20H17ClF3NO5. The summed E-state index contributed by atoms with van der Waals surface area (Å²) in [4.78, 5) is 23.3. The van der Waals surface area contributed by atoms with Gasteiger partial charge in [0.05, 0.1) is 29.2 Å². The second-order valence-electron chi connectivity index (χ2n) is 6.68. The zero-order valence-corrected chi connectivity index (χ0v) is 16.2. The number of nitrogens with two attached hydrogens (primary N) is 1. The zero-order chi connectivity index (χ0) is 22.1. The van der Waals surface area contributed by atoms with Gasteiger partial charge in [0.15, 0.2) is 5.78 Å². The highest BCUT2D eigenvalue weighted by molar-refractivity contribution is 6.32. The third kappa shape index (κ3) is 4.68. The Morgan fingerprint density at radius 3 is 2.73 bits per heavy atom. The lowest BCUT2D eigenvalue weighted by molar-refractivity contribution is -0.139. The van der Waals surface area contributed by atoms with E-state index in [0.29, 0.717) is 5.56 Å². The van der Waals surface area contributed by atoms with Crippen molar-refractivity contribution in [1.82, 2.24) is 0 Å². The van der Waals surface area contributed by atoms with Crippen molar-refractivity contribution in [1.29, 1.82) is 0 Å². The van der Waals surface area contributed by atoms with Crippen molar-refractivity contribution in [2.75, 3.05) is 6.61 Å². The molecule has 3 N–H and O–H groups in total. The van der Waals surface area contributed by atoms with Crippen LogP contribution in [0.4, 0.5) is 13.2 Å². The minimum atomic E-state index is -4.62. The van der Waals surface area contributed by atoms with Crippen molar-refractivity contribution >= 4 is 23.4 Å². The number of alkyl halides is 3. The van der Waals surface area contributed by atoms with E-state index in [-0.39, 0.29) is 47.3 Å². The van der Waals surface area contributed by atoms with E-state index in [9.17, 15) is 22.8 Å². The van der Waals surface area contributed by atoms with Crippen molar-refractivity contribution in [2.24, 2.45) is 5.73 Å². The average Bonchev–Trinajstić information content (AvgIpc) is 2.67. The Hall–Kier alpha value is -2.78. The lowest BCUT2D eigenvalue weighted by Gasteiger charge is -2.28. The summed E-state index contributed by atoms with van der Waals surface area (Å²) in [6.45, 7) is -0.236. The maximum Gasteiger partial charge on any atom is 0.416 e. The number of hydrogen-bond acceptors (Lipinski definition) is 5. The first-order chi connectivity index (χ1) is 14.1. The number of carboxylic acids is 1. The van der Waals surface area contributed by atoms with E-state index in [1.54, 1.807) is 12.1 Å². The molecule has 0 aliphatic carbocycles. The fraction of sp³-hybridized carbons (Fsp3) is 0.300. The van der Waals surface area contributed by atoms with Gasteiger partial charge in [-0.15, -0.1) is 0 Å². The molecule has 0 aromatic heterocycles. The summed E-state index contributed by atoms with van der Waals surface area (Å²) >= 11 is 6.11. The predicted octanol–water partition coefficient (Wildman–Crippen LogP) is 4.25. The summed E-state index contributed by atoms with van der Waals surface area (Å²) in [5.41, 5.74) is 4.96. The van der Waals surface area contributed by atoms with E-state index >= 15 is 0 Å². The molecule has 30 heavy (non-hydrogen) atoms. The quantitative estimate of drug-likeness (QED) is 0.692. The molecule has 1 unspecified atom stereocenters. The van der Waals surface area contributed by atoms with Crippen LogP contribution in [0.3, 0.4) is 0 Å². The Bertz CT molecular complexity index is 979. The van der Waals surface area contributed by atoms with Crippen molar-refractivity contribution in [3.63, 3.8) is 0 Å². The van der Waals surface area contributed by atoms with Crippen LogP contribution in [0.15, 0.2) is 36.4 Å². The van der Waals surface area contributed by atoms with Crippen LogP contribution < -0.4 is 15.2 Å². The van der Waals surface area contributed by atoms with Crippen molar-refractivity contribution in [2.45, 2.75) is 31.2 Å². The van der Waals surface area contributed by atoms with Gasteiger partial charge in [-0.25, -0.2) is 0 Å². The first kappa shape index (κ1) is 21.9. The monoisotopic (exact) mass is 443 g/mol. The molecule has 0 saturated heterocycles. The minimum absolute atomic E-state index is 0.121. The van der Waals surface area contributed by atoms with Gasteiger partial charge in [-0.2, -0.15) is 13.2 Å². The van der Waals surface area contributed by atoms with Crippen LogP contribution in [-0.4, -0.2) is 29.5 Å². The van der Waals surface area contributed by atoms with Crippen molar-refractivity contribution in [3.8, 4) is 11.5 Å². The second kappa shape index (κ2) is 8.53. The SMILES string of the molecule is N[C@@H](CCOc1cc(C(F)(F)F)ccc1C1CC(=O)c2cccc(Cl)c2O1)C(=O)O. The molecule has 6 nitrogen and oxygen atoms in total.